The normalized spacial score (nSPS) is 16.9. The summed E-state index contributed by atoms with van der Waals surface area (Å²) >= 11 is 0. The lowest BCUT2D eigenvalue weighted by Crippen LogP contribution is -2.30. The summed E-state index contributed by atoms with van der Waals surface area (Å²) in [5.41, 5.74) is 5.53. The van der Waals surface area contributed by atoms with Gasteiger partial charge in [0.2, 0.25) is 0 Å². The quantitative estimate of drug-likeness (QED) is 0.662. The van der Waals surface area contributed by atoms with Gasteiger partial charge in [-0.25, -0.2) is 0 Å². The van der Waals surface area contributed by atoms with Crippen LogP contribution in [0.5, 0.6) is 0 Å². The van der Waals surface area contributed by atoms with Crippen LogP contribution in [0.2, 0.25) is 0 Å². The largest absolute Gasteiger partial charge is 0.380 e. The first-order chi connectivity index (χ1) is 5.11. The predicted molar refractivity (Wildman–Crippen MR) is 48.5 cm³/mol. The summed E-state index contributed by atoms with van der Waals surface area (Å²) in [6.45, 7) is 7.27. The van der Waals surface area contributed by atoms with Crippen LogP contribution in [0.1, 0.15) is 27.2 Å². The minimum Gasteiger partial charge on any atom is -0.380 e. The third-order valence-corrected chi connectivity index (χ3v) is 2.01. The summed E-state index contributed by atoms with van der Waals surface area (Å²) in [5, 5.41) is 0. The Morgan fingerprint density at radius 3 is 2.09 bits per heavy atom. The van der Waals surface area contributed by atoms with Crippen molar-refractivity contribution in [3.8, 4) is 0 Å². The van der Waals surface area contributed by atoms with E-state index >= 15 is 0 Å². The zero-order chi connectivity index (χ0) is 8.85. The molecule has 0 saturated carbocycles. The predicted octanol–water partition coefficient (Wildman–Crippen LogP) is 1.64. The molecule has 0 saturated heterocycles. The van der Waals surface area contributed by atoms with Crippen molar-refractivity contribution in [1.29, 1.82) is 0 Å². The van der Waals surface area contributed by atoms with E-state index in [0.29, 0.717) is 12.5 Å². The van der Waals surface area contributed by atoms with Crippen molar-refractivity contribution in [2.24, 2.45) is 17.6 Å². The van der Waals surface area contributed by atoms with E-state index in [2.05, 4.69) is 20.8 Å². The highest BCUT2D eigenvalue weighted by Gasteiger charge is 2.15. The molecule has 2 nitrogen and oxygen atoms in total. The summed E-state index contributed by atoms with van der Waals surface area (Å²) in [4.78, 5) is 0. The van der Waals surface area contributed by atoms with Crippen LogP contribution < -0.4 is 5.73 Å². The molecule has 0 aromatic rings. The monoisotopic (exact) mass is 159 g/mol. The van der Waals surface area contributed by atoms with E-state index in [0.717, 1.165) is 5.92 Å². The lowest BCUT2D eigenvalue weighted by molar-refractivity contribution is 0.0575. The zero-order valence-corrected chi connectivity index (χ0v) is 8.13. The maximum absolute atomic E-state index is 5.53. The molecular weight excluding hydrogens is 138 g/mol. The molecule has 0 aliphatic heterocycles. The molecule has 2 heteroatoms. The van der Waals surface area contributed by atoms with E-state index in [9.17, 15) is 0 Å². The summed E-state index contributed by atoms with van der Waals surface area (Å²) in [7, 11) is 1.73. The Hall–Kier alpha value is -0.0800. The number of ether oxygens (including phenoxy) is 1. The second kappa shape index (κ2) is 5.56. The number of nitrogens with two attached hydrogens (primary N) is 1. The number of methoxy groups -OCH3 is 1. The SMILES string of the molecule is COC(CN)C(C)CC(C)C. The Morgan fingerprint density at radius 1 is 1.27 bits per heavy atom. The van der Waals surface area contributed by atoms with Gasteiger partial charge in [0.25, 0.3) is 0 Å². The van der Waals surface area contributed by atoms with Gasteiger partial charge in [-0.1, -0.05) is 20.8 Å². The molecule has 2 N–H and O–H groups in total. The minimum absolute atomic E-state index is 0.234. The molecule has 0 aromatic heterocycles. The van der Waals surface area contributed by atoms with Crippen molar-refractivity contribution in [2.75, 3.05) is 13.7 Å². The highest BCUT2D eigenvalue weighted by molar-refractivity contribution is 4.67. The molecule has 0 spiro atoms. The second-order valence-corrected chi connectivity index (χ2v) is 3.62. The molecule has 0 heterocycles. The molecule has 2 unspecified atom stereocenters. The highest BCUT2D eigenvalue weighted by Crippen LogP contribution is 2.15. The fourth-order valence-electron chi connectivity index (χ4n) is 1.46. The summed E-state index contributed by atoms with van der Waals surface area (Å²) < 4.78 is 5.24. The zero-order valence-electron chi connectivity index (χ0n) is 8.13. The Kier molecular flexibility index (Phi) is 5.51. The highest BCUT2D eigenvalue weighted by atomic mass is 16.5. The fourth-order valence-corrected chi connectivity index (χ4v) is 1.46. The third kappa shape index (κ3) is 4.38. The molecule has 11 heavy (non-hydrogen) atoms. The first kappa shape index (κ1) is 10.9. The lowest BCUT2D eigenvalue weighted by atomic mass is 9.94. The second-order valence-electron chi connectivity index (χ2n) is 3.62. The number of hydrogen-bond donors (Lipinski definition) is 1. The van der Waals surface area contributed by atoms with Gasteiger partial charge in [-0.2, -0.15) is 0 Å². The lowest BCUT2D eigenvalue weighted by Gasteiger charge is -2.22. The average Bonchev–Trinajstić information content (AvgIpc) is 1.88. The van der Waals surface area contributed by atoms with Gasteiger partial charge in [-0.15, -0.1) is 0 Å². The summed E-state index contributed by atoms with van der Waals surface area (Å²) in [5.74, 6) is 1.30. The van der Waals surface area contributed by atoms with Crippen LogP contribution in [0.4, 0.5) is 0 Å². The van der Waals surface area contributed by atoms with Gasteiger partial charge >= 0.3 is 0 Å². The van der Waals surface area contributed by atoms with Gasteiger partial charge in [0, 0.05) is 13.7 Å². The maximum atomic E-state index is 5.53. The van der Waals surface area contributed by atoms with Crippen LogP contribution in [0.3, 0.4) is 0 Å². The molecule has 0 fully saturated rings. The van der Waals surface area contributed by atoms with Crippen LogP contribution >= 0.6 is 0 Å². The number of hydrogen-bond acceptors (Lipinski definition) is 2. The average molecular weight is 159 g/mol. The van der Waals surface area contributed by atoms with Crippen LogP contribution in [-0.2, 0) is 4.74 Å². The molecule has 0 aliphatic carbocycles. The topological polar surface area (TPSA) is 35.2 Å². The van der Waals surface area contributed by atoms with Crippen molar-refractivity contribution >= 4 is 0 Å². The van der Waals surface area contributed by atoms with E-state index in [1.165, 1.54) is 6.42 Å². The van der Waals surface area contributed by atoms with Crippen molar-refractivity contribution in [3.63, 3.8) is 0 Å². The van der Waals surface area contributed by atoms with E-state index in [1.807, 2.05) is 0 Å². The maximum Gasteiger partial charge on any atom is 0.0719 e. The van der Waals surface area contributed by atoms with Crippen molar-refractivity contribution < 1.29 is 4.74 Å². The van der Waals surface area contributed by atoms with Crippen LogP contribution in [0.25, 0.3) is 0 Å². The van der Waals surface area contributed by atoms with Crippen molar-refractivity contribution in [1.82, 2.24) is 0 Å². The Labute approximate surface area is 70.1 Å². The van der Waals surface area contributed by atoms with Crippen LogP contribution in [0.15, 0.2) is 0 Å². The van der Waals surface area contributed by atoms with Gasteiger partial charge in [0.1, 0.15) is 0 Å². The molecular formula is C9H21NO. The fraction of sp³-hybridized carbons (Fsp3) is 1.00. The number of rotatable bonds is 5. The van der Waals surface area contributed by atoms with Gasteiger partial charge in [-0.05, 0) is 18.3 Å². The molecule has 0 amide bonds. The first-order valence-corrected chi connectivity index (χ1v) is 4.34. The molecule has 68 valence electrons. The van der Waals surface area contributed by atoms with E-state index in [-0.39, 0.29) is 6.10 Å². The van der Waals surface area contributed by atoms with Crippen molar-refractivity contribution in [3.05, 3.63) is 0 Å². The molecule has 0 bridgehead atoms. The van der Waals surface area contributed by atoms with Crippen molar-refractivity contribution in [2.45, 2.75) is 33.3 Å². The summed E-state index contributed by atoms with van der Waals surface area (Å²) in [6, 6.07) is 0. The van der Waals surface area contributed by atoms with Gasteiger partial charge in [0.15, 0.2) is 0 Å². The molecule has 0 aromatic carbocycles. The minimum atomic E-state index is 0.234. The Bertz CT molecular complexity index is 89.6. The van der Waals surface area contributed by atoms with E-state index in [1.54, 1.807) is 7.11 Å². The smallest absolute Gasteiger partial charge is 0.0719 e. The van der Waals surface area contributed by atoms with Crippen LogP contribution in [-0.4, -0.2) is 19.8 Å². The van der Waals surface area contributed by atoms with Gasteiger partial charge in [0.05, 0.1) is 6.10 Å². The van der Waals surface area contributed by atoms with E-state index < -0.39 is 0 Å². The molecule has 0 aliphatic rings. The molecule has 0 rings (SSSR count). The van der Waals surface area contributed by atoms with Gasteiger partial charge in [-0.3, -0.25) is 0 Å². The third-order valence-electron chi connectivity index (χ3n) is 2.01. The standard InChI is InChI=1S/C9H21NO/c1-7(2)5-8(3)9(6-10)11-4/h7-9H,5-6,10H2,1-4H3. The van der Waals surface area contributed by atoms with Gasteiger partial charge < -0.3 is 10.5 Å². The molecule has 2 atom stereocenters. The van der Waals surface area contributed by atoms with Crippen LogP contribution in [0, 0.1) is 11.8 Å². The van der Waals surface area contributed by atoms with E-state index in [4.69, 9.17) is 10.5 Å². The molecule has 0 radical (unpaired) electrons. The summed E-state index contributed by atoms with van der Waals surface area (Å²) in [6.07, 6.45) is 1.42. The Balaban J connectivity index is 3.68. The Morgan fingerprint density at radius 2 is 1.82 bits per heavy atom. The first-order valence-electron chi connectivity index (χ1n) is 4.34.